The predicted molar refractivity (Wildman–Crippen MR) is 184 cm³/mol. The van der Waals surface area contributed by atoms with Gasteiger partial charge in [-0.2, -0.15) is 21.6 Å². The highest BCUT2D eigenvalue weighted by molar-refractivity contribution is 7.90. The topological polar surface area (TPSA) is 212 Å². The number of carboxylic acid groups (broad SMARTS) is 1. The van der Waals surface area contributed by atoms with Gasteiger partial charge in [0, 0.05) is 30.9 Å². The maximum absolute atomic E-state index is 13.2. The molecule has 4 aromatic heterocycles. The summed E-state index contributed by atoms with van der Waals surface area (Å²) < 4.78 is 76.0. The van der Waals surface area contributed by atoms with Gasteiger partial charge in [0.15, 0.2) is 16.7 Å². The number of hydrogen-bond donors (Lipinski definition) is 3. The number of aromatic nitrogens is 8. The van der Waals surface area contributed by atoms with Crippen LogP contribution in [0.1, 0.15) is 68.6 Å². The van der Waals surface area contributed by atoms with E-state index in [1.54, 1.807) is 4.68 Å². The van der Waals surface area contributed by atoms with E-state index in [0.717, 1.165) is 19.3 Å². The van der Waals surface area contributed by atoms with E-state index in [-0.39, 0.29) is 66.6 Å². The minimum atomic E-state index is -4.48. The minimum Gasteiger partial charge on any atom is -0.477 e. The summed E-state index contributed by atoms with van der Waals surface area (Å²) in [6.07, 6.45) is -1.53. The highest BCUT2D eigenvalue weighted by Gasteiger charge is 2.62. The fourth-order valence-corrected chi connectivity index (χ4v) is 7.61. The van der Waals surface area contributed by atoms with Gasteiger partial charge >= 0.3 is 12.3 Å². The number of ether oxygens (including phenoxy) is 1. The molecule has 0 bridgehead atoms. The number of hydrogen-bond acceptors (Lipinski definition) is 12. The first-order valence-electron chi connectivity index (χ1n) is 16.9. The van der Waals surface area contributed by atoms with Gasteiger partial charge in [-0.05, 0) is 93.0 Å². The van der Waals surface area contributed by atoms with Crippen LogP contribution in [0.2, 0.25) is 5.15 Å². The Morgan fingerprint density at radius 2 is 1.91 bits per heavy atom. The van der Waals surface area contributed by atoms with Crippen LogP contribution in [-0.4, -0.2) is 95.2 Å². The van der Waals surface area contributed by atoms with Crippen molar-refractivity contribution in [3.63, 3.8) is 0 Å². The van der Waals surface area contributed by atoms with E-state index >= 15 is 0 Å². The van der Waals surface area contributed by atoms with Gasteiger partial charge in [0.1, 0.15) is 11.0 Å². The molecule has 290 valence electrons. The highest BCUT2D eigenvalue weighted by Crippen LogP contribution is 2.59. The molecule has 1 atom stereocenters. The number of nitrogens with zero attached hydrogens (tertiary/aromatic N) is 9. The first kappa shape index (κ1) is 38.7. The number of tetrazole rings is 1. The normalized spacial score (nSPS) is 17.7. The Morgan fingerprint density at radius 1 is 1.13 bits per heavy atom. The molecule has 2 fully saturated rings. The molecule has 4 aromatic rings. The van der Waals surface area contributed by atoms with Crippen LogP contribution in [0.15, 0.2) is 47.6 Å². The van der Waals surface area contributed by atoms with Crippen molar-refractivity contribution in [2.45, 2.75) is 82.2 Å². The molecule has 17 nitrogen and oxygen atoms in total. The zero-order valence-electron chi connectivity index (χ0n) is 29.1. The van der Waals surface area contributed by atoms with Gasteiger partial charge in [0.05, 0.1) is 24.1 Å². The van der Waals surface area contributed by atoms with Crippen molar-refractivity contribution in [3.05, 3.63) is 59.1 Å². The summed E-state index contributed by atoms with van der Waals surface area (Å²) in [5, 5.41) is 27.6. The van der Waals surface area contributed by atoms with E-state index in [9.17, 15) is 36.3 Å². The van der Waals surface area contributed by atoms with Crippen LogP contribution >= 0.6 is 11.6 Å². The number of anilines is 1. The lowest BCUT2D eigenvalue weighted by molar-refractivity contribution is -0.190. The van der Waals surface area contributed by atoms with Crippen LogP contribution < -0.4 is 14.8 Å². The fraction of sp³-hybridized carbons (Fsp3) is 0.500. The van der Waals surface area contributed by atoms with Gasteiger partial charge in [-0.15, -0.1) is 10.2 Å². The van der Waals surface area contributed by atoms with Crippen molar-refractivity contribution in [2.24, 2.45) is 11.3 Å². The Bertz CT molecular complexity index is 2120. The Hall–Kier alpha value is -5.05. The summed E-state index contributed by atoms with van der Waals surface area (Å²) >= 11 is 6.25. The lowest BCUT2D eigenvalue weighted by Crippen LogP contribution is -2.41. The third-order valence-electron chi connectivity index (χ3n) is 9.60. The van der Waals surface area contributed by atoms with Crippen molar-refractivity contribution in [3.8, 4) is 11.7 Å². The van der Waals surface area contributed by atoms with Crippen LogP contribution in [0.3, 0.4) is 0 Å². The number of sulfonamides is 1. The number of rotatable bonds is 15. The summed E-state index contributed by atoms with van der Waals surface area (Å²) in [5.74, 6) is -0.0108. The van der Waals surface area contributed by atoms with Crippen molar-refractivity contribution in [2.75, 3.05) is 18.5 Å². The van der Waals surface area contributed by atoms with E-state index in [4.69, 9.17) is 16.3 Å². The molecule has 2 amide bonds. The number of aryl methyl sites for hydroxylation is 1. The smallest absolute Gasteiger partial charge is 0.407 e. The largest absolute Gasteiger partial charge is 0.477 e. The summed E-state index contributed by atoms with van der Waals surface area (Å²) in [6.45, 7) is 4.73. The second kappa shape index (κ2) is 15.0. The molecule has 1 saturated carbocycles. The number of alkyl halides is 3. The molecule has 0 radical (unpaired) electrons. The Kier molecular flexibility index (Phi) is 10.7. The van der Waals surface area contributed by atoms with Gasteiger partial charge in [0.25, 0.3) is 15.9 Å². The minimum absolute atomic E-state index is 0.0673. The maximum Gasteiger partial charge on any atom is 0.407 e. The van der Waals surface area contributed by atoms with Crippen LogP contribution in [0.4, 0.5) is 23.8 Å². The number of halogens is 4. The van der Waals surface area contributed by atoms with Crippen molar-refractivity contribution in [1.29, 1.82) is 0 Å². The SMILES string of the molecule is CC1(C)C[C@H](CCCn2nnnc2CNc2cccc(S(=O)(=O)NC(=O)c3ccc(-n4ccc(OCCC5(C(F)(F)F)CC5)n4)nc3Cl)n2)CN1C(=O)O. The first-order valence-corrected chi connectivity index (χ1v) is 18.8. The molecule has 5 heterocycles. The predicted octanol–water partition coefficient (Wildman–Crippen LogP) is 4.70. The molecule has 0 aromatic carbocycles. The number of nitrogens with one attached hydrogen (secondary N) is 2. The van der Waals surface area contributed by atoms with Crippen molar-refractivity contribution in [1.82, 2.24) is 49.6 Å². The number of carbonyl (C=O) groups is 2. The van der Waals surface area contributed by atoms with Gasteiger partial charge in [-0.1, -0.05) is 17.7 Å². The number of carbonyl (C=O) groups excluding carboxylic acids is 1. The molecule has 1 aliphatic heterocycles. The second-order valence-electron chi connectivity index (χ2n) is 13.9. The first-order chi connectivity index (χ1) is 25.5. The Balaban J connectivity index is 1.01. The van der Waals surface area contributed by atoms with Gasteiger partial charge in [0.2, 0.25) is 5.88 Å². The quantitative estimate of drug-likeness (QED) is 0.139. The van der Waals surface area contributed by atoms with Crippen LogP contribution in [0.5, 0.6) is 5.88 Å². The third-order valence-corrected chi connectivity index (χ3v) is 11.1. The van der Waals surface area contributed by atoms with Gasteiger partial charge < -0.3 is 20.1 Å². The highest BCUT2D eigenvalue weighted by atomic mass is 35.5. The molecule has 2 aliphatic rings. The molecule has 0 unspecified atom stereocenters. The van der Waals surface area contributed by atoms with Crippen molar-refractivity contribution >= 4 is 39.4 Å². The third kappa shape index (κ3) is 8.67. The maximum atomic E-state index is 13.2. The van der Waals surface area contributed by atoms with Gasteiger partial charge in [-0.3, -0.25) is 4.79 Å². The van der Waals surface area contributed by atoms with E-state index in [1.165, 1.54) is 52.2 Å². The van der Waals surface area contributed by atoms with E-state index in [1.807, 2.05) is 18.6 Å². The van der Waals surface area contributed by atoms with E-state index < -0.39 is 44.2 Å². The summed E-state index contributed by atoms with van der Waals surface area (Å²) in [4.78, 5) is 34.3. The van der Waals surface area contributed by atoms with E-state index in [0.29, 0.717) is 18.9 Å². The standard InChI is InChI=1S/C32H37ClF3N11O6S/c1-30(2)17-20(19-45(30)29(49)50)5-4-14-47-24(40-43-44-47)18-37-22-6-3-7-26(38-22)54(51,52)42-28(48)21-8-9-23(39-27(21)33)46-15-10-25(41-46)53-16-13-31(11-12-31)32(34,35)36/h3,6-10,15,20H,4-5,11-14,16-19H2,1-2H3,(H,37,38)(H,42,48)(H,49,50)/t20-/m0/s1. The Morgan fingerprint density at radius 3 is 2.59 bits per heavy atom. The zero-order chi connectivity index (χ0) is 38.9. The summed E-state index contributed by atoms with van der Waals surface area (Å²) in [5.41, 5.74) is -2.38. The van der Waals surface area contributed by atoms with Crippen LogP contribution in [0.25, 0.3) is 5.82 Å². The molecule has 1 saturated heterocycles. The molecule has 3 N–H and O–H groups in total. The second-order valence-corrected chi connectivity index (χ2v) is 15.9. The lowest BCUT2D eigenvalue weighted by Gasteiger charge is -2.28. The molecule has 0 spiro atoms. The van der Waals surface area contributed by atoms with Crippen LogP contribution in [0, 0.1) is 11.3 Å². The monoisotopic (exact) mass is 795 g/mol. The number of likely N-dealkylation sites (tertiary alicyclic amines) is 1. The molecular formula is C32H37ClF3N11O6S. The zero-order valence-corrected chi connectivity index (χ0v) is 30.7. The number of pyridine rings is 2. The fourth-order valence-electron chi connectivity index (χ4n) is 6.44. The number of amides is 2. The average molecular weight is 796 g/mol. The van der Waals surface area contributed by atoms with Gasteiger partial charge in [-0.25, -0.2) is 28.8 Å². The lowest BCUT2D eigenvalue weighted by atomic mass is 9.93. The molecule has 54 heavy (non-hydrogen) atoms. The van der Waals surface area contributed by atoms with Crippen molar-refractivity contribution < 1.29 is 41.0 Å². The van der Waals surface area contributed by atoms with Crippen LogP contribution in [-0.2, 0) is 23.1 Å². The van der Waals surface area contributed by atoms with E-state index in [2.05, 4.69) is 35.9 Å². The molecule has 1 aliphatic carbocycles. The summed E-state index contributed by atoms with van der Waals surface area (Å²) in [6, 6.07) is 8.20. The summed E-state index contributed by atoms with van der Waals surface area (Å²) in [7, 11) is -4.48. The Labute approximate surface area is 312 Å². The molecule has 22 heteroatoms. The molecule has 6 rings (SSSR count). The average Bonchev–Trinajstić information content (AvgIpc) is 3.39. The molecular weight excluding hydrogens is 759 g/mol.